The second kappa shape index (κ2) is 35.9. The van der Waals surface area contributed by atoms with E-state index >= 15 is 0 Å². The molecular weight excluding hydrogens is 1410 g/mol. The van der Waals surface area contributed by atoms with Crippen LogP contribution in [0.3, 0.4) is 0 Å². The smallest absolute Gasteiger partial charge is 0.328 e. The number of nitrogens with zero attached hydrogens (tertiary/aromatic N) is 3. The summed E-state index contributed by atoms with van der Waals surface area (Å²) in [5.41, 5.74) is 12.1. The number of nitrogens with two attached hydrogens (primary N) is 1. The highest BCUT2D eigenvalue weighted by Crippen LogP contribution is 2.46. The SMILES string of the molecule is C1CCOC1.CC(C)c1nc2c(c(-c3ccc(F)cc3)c1/C=C/[C@@H]1C[C@H](CC(=O)OC(C)(C)C)OC(C)(C)O1)CCCc1ccc(S(N)(=O)=O)cc1-2.CN=C=O.CNC(=O)NS(=O)(=O)c1ccc2c(c1)-c1nc(C(C)C)c(/C=C/[C@@H]3C[C@H](CC(=O)OC(C)(C)C)OC(C)(C)O3)c(-c3ccc(F)cc3)c1CCC2. The Morgan fingerprint density at radius 2 is 1.02 bits per heavy atom. The molecule has 3 aliphatic heterocycles. The number of fused-ring (bicyclic) bond motifs is 6. The zero-order chi connectivity index (χ0) is 78.6. The summed E-state index contributed by atoms with van der Waals surface area (Å²) in [6.07, 6.45) is 15.6. The van der Waals surface area contributed by atoms with E-state index in [1.54, 1.807) is 48.5 Å². The Labute approximate surface area is 629 Å². The molecule has 0 saturated carbocycles. The minimum atomic E-state index is -4.17. The Hall–Kier alpha value is -8.23. The van der Waals surface area contributed by atoms with E-state index in [1.807, 2.05) is 118 Å². The van der Waals surface area contributed by atoms with Crippen LogP contribution in [0.1, 0.15) is 205 Å². The molecule has 11 rings (SSSR count). The monoisotopic (exact) mass is 1510 g/mol. The number of halogens is 2. The lowest BCUT2D eigenvalue weighted by Crippen LogP contribution is -2.45. The number of isocyanates is 1. The van der Waals surface area contributed by atoms with Crippen LogP contribution in [-0.2, 0) is 93.3 Å². The summed E-state index contributed by atoms with van der Waals surface area (Å²) in [7, 11) is -5.38. The van der Waals surface area contributed by atoms with Gasteiger partial charge in [-0.05, 0) is 225 Å². The van der Waals surface area contributed by atoms with Crippen LogP contribution in [-0.4, -0.2) is 125 Å². The van der Waals surface area contributed by atoms with E-state index in [4.69, 9.17) is 53.1 Å². The molecule has 5 aliphatic rings. The Balaban J connectivity index is 0.000000242. The third-order valence-corrected chi connectivity index (χ3v) is 20.1. The quantitative estimate of drug-likeness (QED) is 0.0489. The number of ether oxygens (including phenoxy) is 7. The van der Waals surface area contributed by atoms with Crippen LogP contribution in [0.15, 0.2) is 112 Å². The van der Waals surface area contributed by atoms with Gasteiger partial charge in [0.2, 0.25) is 16.1 Å². The van der Waals surface area contributed by atoms with E-state index in [9.17, 15) is 40.0 Å². The van der Waals surface area contributed by atoms with Crippen molar-refractivity contribution >= 4 is 56.2 Å². The van der Waals surface area contributed by atoms with Gasteiger partial charge in [-0.3, -0.25) is 19.6 Å². The van der Waals surface area contributed by atoms with Crippen LogP contribution in [0.25, 0.3) is 56.9 Å². The van der Waals surface area contributed by atoms with Crippen LogP contribution >= 0.6 is 0 Å². The van der Waals surface area contributed by atoms with Crippen LogP contribution in [0.2, 0.25) is 0 Å². The molecule has 25 heteroatoms. The van der Waals surface area contributed by atoms with Crippen molar-refractivity contribution in [2.75, 3.05) is 27.3 Å². The number of hydrogen-bond donors (Lipinski definition) is 3. The van der Waals surface area contributed by atoms with Gasteiger partial charge in [-0.15, -0.1) is 0 Å². The van der Waals surface area contributed by atoms with Gasteiger partial charge in [0, 0.05) is 62.4 Å². The standard InChI is InChI=1S/C39H48FN3O7S.C37H45FN2O6S.C4H8O.C2H3NO/c1-23(2)35-31(19-17-27-20-28(49-39(6,7)48-27)21-33(44)50-38(3,4)5)34(25-12-15-26(40)16-13-25)30-11-9-10-24-14-18-29(22-32(24)36(30)42-35)51(46,47)43-37(45)41-8;1-22(2)34-30(18-16-26-19-27(45-37(6,7)44-26)20-32(41)46-36(3,4)5)33(24-11-14-25(38)15-12-24)29-10-8-9-23-13-17-28(47(39,42)43)21-31(23)35(29)40-34;1-2-4-5-3-1;1-3-2-4/h12-19,22-23,27-28H,9-11,20-21H2,1-8H3,(H2,41,43,45);11-18,21-22,26-27H,8-10,19-20H2,1-7H3,(H2,39,42,43);1-4H2;1H3/b19-17+;18-16+;;/t27-,28-;26-,27-;;/m11../s1. The molecule has 578 valence electrons. The first-order valence-corrected chi connectivity index (χ1v) is 39.4. The number of esters is 2. The van der Waals surface area contributed by atoms with E-state index in [2.05, 4.69) is 24.2 Å². The van der Waals surface area contributed by atoms with Crippen molar-refractivity contribution in [3.05, 3.63) is 153 Å². The predicted molar refractivity (Wildman–Crippen MR) is 408 cm³/mol. The number of sulfonamides is 2. The van der Waals surface area contributed by atoms with Gasteiger partial charge in [0.25, 0.3) is 10.0 Å². The number of pyridine rings is 2. The molecule has 2 aliphatic carbocycles. The first-order valence-electron chi connectivity index (χ1n) is 36.4. The number of primary sulfonamides is 1. The largest absolute Gasteiger partial charge is 0.460 e. The molecule has 21 nitrogen and oxygen atoms in total. The topological polar surface area (TPSA) is 289 Å². The number of carbonyl (C=O) groups excluding carboxylic acids is 4. The molecule has 4 N–H and O–H groups in total. The first-order chi connectivity index (χ1) is 50.2. The third-order valence-electron chi connectivity index (χ3n) is 17.9. The zero-order valence-electron chi connectivity index (χ0n) is 64.4. The number of amides is 2. The molecule has 107 heavy (non-hydrogen) atoms. The van der Waals surface area contributed by atoms with Crippen LogP contribution in [0.4, 0.5) is 13.6 Å². The van der Waals surface area contributed by atoms with Crippen molar-refractivity contribution in [3.8, 4) is 44.8 Å². The summed E-state index contributed by atoms with van der Waals surface area (Å²) in [6, 6.07) is 21.8. The van der Waals surface area contributed by atoms with Gasteiger partial charge in [-0.2, -0.15) is 0 Å². The maximum Gasteiger partial charge on any atom is 0.328 e. The molecule has 2 aromatic heterocycles. The number of rotatable bonds is 15. The molecule has 2 amide bonds. The first kappa shape index (κ1) is 84.4. The van der Waals surface area contributed by atoms with Crippen molar-refractivity contribution in [1.29, 1.82) is 0 Å². The average Bonchev–Trinajstić information content (AvgIpc) is 1.74. The highest BCUT2D eigenvalue weighted by Gasteiger charge is 2.39. The summed E-state index contributed by atoms with van der Waals surface area (Å²) < 4.78 is 122. The lowest BCUT2D eigenvalue weighted by Gasteiger charge is -2.40. The Bertz CT molecular complexity index is 4510. The molecule has 0 unspecified atom stereocenters. The molecule has 6 aromatic rings. The number of nitrogens with one attached hydrogen (secondary N) is 2. The molecule has 0 spiro atoms. The zero-order valence-corrected chi connectivity index (χ0v) is 66.0. The number of benzene rings is 4. The van der Waals surface area contributed by atoms with Crippen LogP contribution in [0, 0.1) is 11.6 Å². The fraction of sp³-hybridized carbons (Fsp3) is 0.488. The van der Waals surface area contributed by atoms with Crippen molar-refractivity contribution < 1.29 is 78.0 Å². The number of carbonyl (C=O) groups is 3. The molecule has 3 fully saturated rings. The van der Waals surface area contributed by atoms with Crippen molar-refractivity contribution in [2.24, 2.45) is 10.1 Å². The third kappa shape index (κ3) is 23.6. The highest BCUT2D eigenvalue weighted by atomic mass is 32.2. The average molecular weight is 1520 g/mol. The molecule has 0 bridgehead atoms. The lowest BCUT2D eigenvalue weighted by molar-refractivity contribution is -0.291. The molecule has 0 radical (unpaired) electrons. The summed E-state index contributed by atoms with van der Waals surface area (Å²) in [6.45, 7) is 28.5. The summed E-state index contributed by atoms with van der Waals surface area (Å²) in [5.74, 6) is -3.34. The van der Waals surface area contributed by atoms with Crippen molar-refractivity contribution in [2.45, 2.75) is 243 Å². The number of hydrogen-bond acceptors (Lipinski definition) is 18. The van der Waals surface area contributed by atoms with Gasteiger partial charge in [-0.1, -0.05) is 88.4 Å². The van der Waals surface area contributed by atoms with Gasteiger partial charge < -0.3 is 38.5 Å². The lowest BCUT2D eigenvalue weighted by atomic mass is 9.86. The molecule has 4 atom stereocenters. The molecule has 4 aromatic carbocycles. The highest BCUT2D eigenvalue weighted by molar-refractivity contribution is 7.90. The van der Waals surface area contributed by atoms with Gasteiger partial charge in [0.15, 0.2) is 11.6 Å². The second-order valence-corrected chi connectivity index (χ2v) is 33.9. The van der Waals surface area contributed by atoms with Crippen molar-refractivity contribution in [3.63, 3.8) is 0 Å². The minimum absolute atomic E-state index is 0.0146. The van der Waals surface area contributed by atoms with Gasteiger partial charge in [-0.25, -0.2) is 50.1 Å². The van der Waals surface area contributed by atoms with Gasteiger partial charge in [0.1, 0.15) is 22.8 Å². The number of aryl methyl sites for hydroxylation is 2. The fourth-order valence-corrected chi connectivity index (χ4v) is 15.2. The van der Waals surface area contributed by atoms with E-state index in [0.717, 1.165) is 105 Å². The Morgan fingerprint density at radius 1 is 0.626 bits per heavy atom. The fourth-order valence-electron chi connectivity index (χ4n) is 13.7. The maximum absolute atomic E-state index is 14.3. The predicted octanol–water partition coefficient (Wildman–Crippen LogP) is 15.7. The van der Waals surface area contributed by atoms with E-state index in [1.165, 1.54) is 63.3 Å². The molecular formula is C82H104F2N6O15S2. The van der Waals surface area contributed by atoms with E-state index < -0.39 is 67.2 Å². The van der Waals surface area contributed by atoms with Crippen LogP contribution < -0.4 is 15.2 Å². The van der Waals surface area contributed by atoms with Crippen molar-refractivity contribution in [1.82, 2.24) is 20.0 Å². The molecule has 3 saturated heterocycles. The Kier molecular flexibility index (Phi) is 28.3. The summed E-state index contributed by atoms with van der Waals surface area (Å²) in [5, 5.41) is 7.82. The number of aliphatic imine (C=N–C) groups is 1. The number of urea groups is 1. The Morgan fingerprint density at radius 3 is 1.36 bits per heavy atom. The summed E-state index contributed by atoms with van der Waals surface area (Å²) >= 11 is 0. The normalized spacial score (nSPS) is 18.9. The second-order valence-electron chi connectivity index (χ2n) is 30.6. The number of aromatic nitrogens is 2. The van der Waals surface area contributed by atoms with E-state index in [-0.39, 0.29) is 64.1 Å². The van der Waals surface area contributed by atoms with Gasteiger partial charge in [0.05, 0.1) is 69.8 Å². The van der Waals surface area contributed by atoms with Crippen LogP contribution in [0.5, 0.6) is 0 Å². The maximum atomic E-state index is 14.3. The summed E-state index contributed by atoms with van der Waals surface area (Å²) in [4.78, 5) is 59.6. The van der Waals surface area contributed by atoms with Gasteiger partial charge >= 0.3 is 18.0 Å². The van der Waals surface area contributed by atoms with E-state index in [0.29, 0.717) is 49.1 Å². The minimum Gasteiger partial charge on any atom is -0.460 e. The molecule has 5 heterocycles.